The lowest BCUT2D eigenvalue weighted by atomic mass is 9.92. The van der Waals surface area contributed by atoms with Gasteiger partial charge in [0.15, 0.2) is 0 Å². The summed E-state index contributed by atoms with van der Waals surface area (Å²) >= 11 is 0. The lowest BCUT2D eigenvalue weighted by molar-refractivity contribution is 0.0428. The molecule has 0 spiro atoms. The Bertz CT molecular complexity index is 350. The Morgan fingerprint density at radius 2 is 2.23 bits per heavy atom. The highest BCUT2D eigenvalue weighted by Gasteiger charge is 2.48. The number of hydrogen-bond acceptors (Lipinski definition) is 2. The molecule has 1 aliphatic carbocycles. The SMILES string of the molecule is O[C@]12CCC[C@H]1Nc1ccccc12. The fourth-order valence-corrected chi connectivity index (χ4v) is 2.68. The highest BCUT2D eigenvalue weighted by Crippen LogP contribution is 2.48. The van der Waals surface area contributed by atoms with E-state index in [1.165, 1.54) is 0 Å². The molecule has 0 unspecified atom stereocenters. The fourth-order valence-electron chi connectivity index (χ4n) is 2.68. The van der Waals surface area contributed by atoms with Crippen molar-refractivity contribution < 1.29 is 5.11 Å². The minimum absolute atomic E-state index is 0.255. The second-order valence-corrected chi connectivity index (χ2v) is 4.06. The first kappa shape index (κ1) is 7.39. The summed E-state index contributed by atoms with van der Waals surface area (Å²) in [4.78, 5) is 0. The molecule has 0 bridgehead atoms. The van der Waals surface area contributed by atoms with Crippen LogP contribution in [0.15, 0.2) is 24.3 Å². The lowest BCUT2D eigenvalue weighted by Gasteiger charge is -2.22. The van der Waals surface area contributed by atoms with E-state index in [0.29, 0.717) is 0 Å². The van der Waals surface area contributed by atoms with Crippen LogP contribution in [0.25, 0.3) is 0 Å². The van der Waals surface area contributed by atoms with Crippen LogP contribution in [0.4, 0.5) is 5.69 Å². The summed E-state index contributed by atoms with van der Waals surface area (Å²) in [5.41, 5.74) is 1.64. The van der Waals surface area contributed by atoms with E-state index in [1.807, 2.05) is 24.3 Å². The van der Waals surface area contributed by atoms with E-state index in [1.54, 1.807) is 0 Å². The first-order valence-corrected chi connectivity index (χ1v) is 4.89. The molecular formula is C11H13NO. The van der Waals surface area contributed by atoms with Gasteiger partial charge in [0.1, 0.15) is 5.60 Å². The molecule has 2 heteroatoms. The van der Waals surface area contributed by atoms with Crippen LogP contribution in [0, 0.1) is 0 Å². The lowest BCUT2D eigenvalue weighted by Crippen LogP contribution is -2.32. The zero-order chi connectivity index (χ0) is 8.89. The number of rotatable bonds is 0. The van der Waals surface area contributed by atoms with E-state index in [0.717, 1.165) is 30.5 Å². The summed E-state index contributed by atoms with van der Waals surface area (Å²) in [5.74, 6) is 0. The van der Waals surface area contributed by atoms with E-state index in [9.17, 15) is 5.11 Å². The van der Waals surface area contributed by atoms with Crippen molar-refractivity contribution in [3.63, 3.8) is 0 Å². The van der Waals surface area contributed by atoms with Gasteiger partial charge in [0.2, 0.25) is 0 Å². The normalized spacial score (nSPS) is 35.3. The van der Waals surface area contributed by atoms with E-state index in [4.69, 9.17) is 0 Å². The van der Waals surface area contributed by atoms with Crippen LogP contribution >= 0.6 is 0 Å². The van der Waals surface area contributed by atoms with Crippen molar-refractivity contribution in [3.05, 3.63) is 29.8 Å². The van der Waals surface area contributed by atoms with Gasteiger partial charge in [0, 0.05) is 11.3 Å². The highest BCUT2D eigenvalue weighted by atomic mass is 16.3. The molecule has 0 amide bonds. The summed E-state index contributed by atoms with van der Waals surface area (Å²) in [7, 11) is 0. The number of hydrogen-bond donors (Lipinski definition) is 2. The van der Waals surface area contributed by atoms with Crippen molar-refractivity contribution in [2.45, 2.75) is 30.9 Å². The largest absolute Gasteiger partial charge is 0.383 e. The molecule has 1 aliphatic heterocycles. The van der Waals surface area contributed by atoms with Gasteiger partial charge < -0.3 is 10.4 Å². The number of anilines is 1. The van der Waals surface area contributed by atoms with Gasteiger partial charge in [0.25, 0.3) is 0 Å². The number of fused-ring (bicyclic) bond motifs is 3. The summed E-state index contributed by atoms with van der Waals surface area (Å²) in [5, 5.41) is 13.8. The van der Waals surface area contributed by atoms with Crippen molar-refractivity contribution >= 4 is 5.69 Å². The second-order valence-electron chi connectivity index (χ2n) is 4.06. The zero-order valence-corrected chi connectivity index (χ0v) is 7.46. The number of benzene rings is 1. The first-order chi connectivity index (χ1) is 6.31. The molecule has 1 saturated carbocycles. The van der Waals surface area contributed by atoms with Gasteiger partial charge in [-0.25, -0.2) is 0 Å². The molecule has 0 radical (unpaired) electrons. The molecule has 0 aromatic heterocycles. The molecule has 2 nitrogen and oxygen atoms in total. The van der Waals surface area contributed by atoms with Crippen LogP contribution in [0.5, 0.6) is 0 Å². The maximum atomic E-state index is 10.4. The quantitative estimate of drug-likeness (QED) is 0.630. The van der Waals surface area contributed by atoms with Crippen molar-refractivity contribution in [2.24, 2.45) is 0 Å². The summed E-state index contributed by atoms with van der Waals surface area (Å²) in [6.07, 6.45) is 3.12. The monoisotopic (exact) mass is 175 g/mol. The van der Waals surface area contributed by atoms with Gasteiger partial charge in [-0.15, -0.1) is 0 Å². The number of nitrogens with one attached hydrogen (secondary N) is 1. The molecule has 2 N–H and O–H groups in total. The van der Waals surface area contributed by atoms with Gasteiger partial charge in [-0.05, 0) is 25.3 Å². The van der Waals surface area contributed by atoms with Crippen LogP contribution < -0.4 is 5.32 Å². The average molecular weight is 175 g/mol. The van der Waals surface area contributed by atoms with Crippen molar-refractivity contribution in [2.75, 3.05) is 5.32 Å². The van der Waals surface area contributed by atoms with E-state index in [2.05, 4.69) is 5.32 Å². The standard InChI is InChI=1S/C11H13NO/c13-11-7-3-6-10(11)12-9-5-2-1-4-8(9)11/h1-2,4-5,10,12-13H,3,6-7H2/t10-,11+/m1/s1. The Morgan fingerprint density at radius 3 is 3.15 bits per heavy atom. The Hall–Kier alpha value is -1.02. The molecule has 1 aromatic carbocycles. The van der Waals surface area contributed by atoms with E-state index < -0.39 is 5.60 Å². The molecule has 1 aromatic rings. The summed E-state index contributed by atoms with van der Waals surface area (Å²) in [6, 6.07) is 8.35. The Morgan fingerprint density at radius 1 is 1.38 bits per heavy atom. The second kappa shape index (κ2) is 2.26. The molecule has 13 heavy (non-hydrogen) atoms. The Balaban J connectivity index is 2.17. The minimum Gasteiger partial charge on any atom is -0.383 e. The molecule has 3 rings (SSSR count). The third-order valence-corrected chi connectivity index (χ3v) is 3.35. The van der Waals surface area contributed by atoms with E-state index >= 15 is 0 Å². The molecule has 68 valence electrons. The highest BCUT2D eigenvalue weighted by molar-refractivity contribution is 5.61. The van der Waals surface area contributed by atoms with Crippen LogP contribution in [0.3, 0.4) is 0 Å². The van der Waals surface area contributed by atoms with Gasteiger partial charge >= 0.3 is 0 Å². The minimum atomic E-state index is -0.573. The first-order valence-electron chi connectivity index (χ1n) is 4.89. The average Bonchev–Trinajstić information content (AvgIpc) is 2.60. The smallest absolute Gasteiger partial charge is 0.112 e. The van der Waals surface area contributed by atoms with Crippen LogP contribution in [-0.4, -0.2) is 11.1 Å². The maximum Gasteiger partial charge on any atom is 0.112 e. The van der Waals surface area contributed by atoms with Crippen LogP contribution in [0.1, 0.15) is 24.8 Å². The molecule has 1 fully saturated rings. The molecular weight excluding hydrogens is 162 g/mol. The van der Waals surface area contributed by atoms with Gasteiger partial charge in [-0.2, -0.15) is 0 Å². The van der Waals surface area contributed by atoms with Crippen LogP contribution in [-0.2, 0) is 5.60 Å². The topological polar surface area (TPSA) is 32.3 Å². The molecule has 1 heterocycles. The summed E-state index contributed by atoms with van der Waals surface area (Å²) < 4.78 is 0. The summed E-state index contributed by atoms with van der Waals surface area (Å²) in [6.45, 7) is 0. The van der Waals surface area contributed by atoms with Crippen molar-refractivity contribution in [1.82, 2.24) is 0 Å². The number of aliphatic hydroxyl groups is 1. The van der Waals surface area contributed by atoms with Crippen molar-refractivity contribution in [3.8, 4) is 0 Å². The zero-order valence-electron chi connectivity index (χ0n) is 7.46. The van der Waals surface area contributed by atoms with Gasteiger partial charge in [-0.1, -0.05) is 18.2 Å². The predicted octanol–water partition coefficient (Wildman–Crippen LogP) is 1.85. The molecule has 0 saturated heterocycles. The Labute approximate surface area is 77.6 Å². The van der Waals surface area contributed by atoms with Gasteiger partial charge in [-0.3, -0.25) is 0 Å². The third-order valence-electron chi connectivity index (χ3n) is 3.35. The maximum absolute atomic E-state index is 10.4. The Kier molecular flexibility index (Phi) is 1.29. The fraction of sp³-hybridized carbons (Fsp3) is 0.455. The number of para-hydroxylation sites is 1. The molecule has 2 atom stereocenters. The van der Waals surface area contributed by atoms with Gasteiger partial charge in [0.05, 0.1) is 6.04 Å². The molecule has 2 aliphatic rings. The van der Waals surface area contributed by atoms with E-state index in [-0.39, 0.29) is 6.04 Å². The van der Waals surface area contributed by atoms with Crippen molar-refractivity contribution in [1.29, 1.82) is 0 Å². The predicted molar refractivity (Wildman–Crippen MR) is 51.6 cm³/mol. The van der Waals surface area contributed by atoms with Crippen LogP contribution in [0.2, 0.25) is 0 Å². The third kappa shape index (κ3) is 0.814.